The van der Waals surface area contributed by atoms with E-state index in [4.69, 9.17) is 0 Å². The van der Waals surface area contributed by atoms with Gasteiger partial charge in [-0.2, -0.15) is 0 Å². The van der Waals surface area contributed by atoms with Crippen molar-refractivity contribution in [1.29, 1.82) is 0 Å². The second kappa shape index (κ2) is 7.04. The number of benzene rings is 1. The van der Waals surface area contributed by atoms with Gasteiger partial charge in [0.1, 0.15) is 0 Å². The molecule has 1 aromatic carbocycles. The highest BCUT2D eigenvalue weighted by Crippen LogP contribution is 2.43. The Morgan fingerprint density at radius 1 is 0.520 bits per heavy atom. The molecule has 0 bridgehead atoms. The van der Waals surface area contributed by atoms with Crippen LogP contribution in [0.4, 0.5) is 0 Å². The van der Waals surface area contributed by atoms with Gasteiger partial charge in [-0.25, -0.2) is 0 Å². The SMILES string of the molecule is CC(C)(C)N(C(c1ccccc1)N(C(C)(C)C)C(C)(C)C)C(C)(C)C. The Bertz CT molecular complexity index is 473. The van der Waals surface area contributed by atoms with Crippen LogP contribution in [-0.4, -0.2) is 32.0 Å². The van der Waals surface area contributed by atoms with Crippen molar-refractivity contribution in [3.8, 4) is 0 Å². The van der Waals surface area contributed by atoms with E-state index in [1.165, 1.54) is 5.56 Å². The van der Waals surface area contributed by atoms with E-state index in [1.807, 2.05) is 0 Å². The van der Waals surface area contributed by atoms with Crippen LogP contribution in [0.15, 0.2) is 30.3 Å². The fraction of sp³-hybridized carbons (Fsp3) is 0.739. The van der Waals surface area contributed by atoms with Crippen molar-refractivity contribution in [3.63, 3.8) is 0 Å². The van der Waals surface area contributed by atoms with Gasteiger partial charge < -0.3 is 0 Å². The van der Waals surface area contributed by atoms with Crippen molar-refractivity contribution >= 4 is 0 Å². The molecule has 0 saturated heterocycles. The molecule has 0 aliphatic rings. The molecule has 0 fully saturated rings. The van der Waals surface area contributed by atoms with Crippen molar-refractivity contribution in [2.24, 2.45) is 0 Å². The summed E-state index contributed by atoms with van der Waals surface area (Å²) in [5.41, 5.74) is 1.50. The molecule has 0 atom stereocenters. The molecule has 0 aromatic heterocycles. The van der Waals surface area contributed by atoms with Crippen molar-refractivity contribution < 1.29 is 0 Å². The lowest BCUT2D eigenvalue weighted by atomic mass is 9.87. The molecule has 0 spiro atoms. The molecule has 2 heteroatoms. The zero-order valence-electron chi connectivity index (χ0n) is 18.9. The third kappa shape index (κ3) is 5.56. The molecule has 0 radical (unpaired) electrons. The van der Waals surface area contributed by atoms with Crippen LogP contribution in [0, 0.1) is 0 Å². The van der Waals surface area contributed by atoms with Crippen LogP contribution >= 0.6 is 0 Å². The summed E-state index contributed by atoms with van der Waals surface area (Å²) in [6.07, 6.45) is 0.196. The van der Waals surface area contributed by atoms with Crippen LogP contribution in [0.2, 0.25) is 0 Å². The average molecular weight is 347 g/mol. The Hall–Kier alpha value is -0.860. The minimum Gasteiger partial charge on any atom is -0.274 e. The molecular formula is C23H42N2. The molecule has 144 valence electrons. The molecule has 1 aromatic rings. The Morgan fingerprint density at radius 2 is 0.800 bits per heavy atom. The second-order valence-corrected chi connectivity index (χ2v) is 11.2. The van der Waals surface area contributed by atoms with Crippen LogP contribution in [0.1, 0.15) is 94.8 Å². The Labute approximate surface area is 157 Å². The first-order valence-electron chi connectivity index (χ1n) is 9.61. The van der Waals surface area contributed by atoms with Gasteiger partial charge in [-0.1, -0.05) is 30.3 Å². The van der Waals surface area contributed by atoms with E-state index in [-0.39, 0.29) is 28.3 Å². The lowest BCUT2D eigenvalue weighted by molar-refractivity contribution is -0.139. The molecule has 25 heavy (non-hydrogen) atoms. The van der Waals surface area contributed by atoms with Gasteiger partial charge in [-0.15, -0.1) is 0 Å². The number of hydrogen-bond donors (Lipinski definition) is 0. The third-order valence-electron chi connectivity index (χ3n) is 4.48. The second-order valence-electron chi connectivity index (χ2n) is 11.2. The third-order valence-corrected chi connectivity index (χ3v) is 4.48. The average Bonchev–Trinajstić information content (AvgIpc) is 2.32. The molecule has 2 nitrogen and oxygen atoms in total. The predicted octanol–water partition coefficient (Wildman–Crippen LogP) is 6.48. The summed E-state index contributed by atoms with van der Waals surface area (Å²) in [6, 6.07) is 11.0. The molecule has 0 aliphatic heterocycles. The van der Waals surface area contributed by atoms with E-state index in [0.717, 1.165) is 0 Å². The number of hydrogen-bond acceptors (Lipinski definition) is 2. The lowest BCUT2D eigenvalue weighted by Crippen LogP contribution is -2.64. The maximum absolute atomic E-state index is 2.67. The zero-order chi connectivity index (χ0) is 19.8. The van der Waals surface area contributed by atoms with Crippen molar-refractivity contribution in [1.82, 2.24) is 9.80 Å². The van der Waals surface area contributed by atoms with Gasteiger partial charge in [0, 0.05) is 22.2 Å². The smallest absolute Gasteiger partial charge is 0.0903 e. The molecule has 1 rings (SSSR count). The molecule has 0 N–H and O–H groups in total. The summed E-state index contributed by atoms with van der Waals surface area (Å²) < 4.78 is 0. The van der Waals surface area contributed by atoms with Gasteiger partial charge in [-0.05, 0) is 88.6 Å². The monoisotopic (exact) mass is 346 g/mol. The first kappa shape index (κ1) is 22.2. The molecule has 0 heterocycles. The highest BCUT2D eigenvalue weighted by atomic mass is 15.4. The predicted molar refractivity (Wildman–Crippen MR) is 112 cm³/mol. The maximum Gasteiger partial charge on any atom is 0.0903 e. The van der Waals surface area contributed by atoms with Gasteiger partial charge in [0.15, 0.2) is 0 Å². The van der Waals surface area contributed by atoms with Crippen molar-refractivity contribution in [2.45, 2.75) is 111 Å². The standard InChI is InChI=1S/C23H42N2/c1-20(2,3)24(21(4,5)6)19(18-16-14-13-15-17-18)25(22(7,8)9)23(10,11)12/h13-17,19H,1-12H3. The van der Waals surface area contributed by atoms with E-state index in [1.54, 1.807) is 0 Å². The van der Waals surface area contributed by atoms with E-state index in [2.05, 4.69) is 123 Å². The van der Waals surface area contributed by atoms with Gasteiger partial charge in [0.2, 0.25) is 0 Å². The summed E-state index contributed by atoms with van der Waals surface area (Å²) in [6.45, 7) is 28.0. The van der Waals surface area contributed by atoms with E-state index in [9.17, 15) is 0 Å². The lowest BCUT2D eigenvalue weighted by Gasteiger charge is -2.59. The Morgan fingerprint density at radius 3 is 1.04 bits per heavy atom. The number of nitrogens with zero attached hydrogens (tertiary/aromatic N) is 2. The summed E-state index contributed by atoms with van der Waals surface area (Å²) in [4.78, 5) is 5.34. The molecular weight excluding hydrogens is 304 g/mol. The quantitative estimate of drug-likeness (QED) is 0.578. The van der Waals surface area contributed by atoms with Crippen molar-refractivity contribution in [2.75, 3.05) is 0 Å². The first-order chi connectivity index (χ1) is 11.0. The van der Waals surface area contributed by atoms with Gasteiger partial charge in [0.05, 0.1) is 6.17 Å². The highest BCUT2D eigenvalue weighted by molar-refractivity contribution is 5.21. The molecule has 0 unspecified atom stereocenters. The Balaban J connectivity index is 3.75. The van der Waals surface area contributed by atoms with E-state index < -0.39 is 0 Å². The maximum atomic E-state index is 2.67. The number of rotatable bonds is 3. The normalized spacial score (nSPS) is 14.7. The highest BCUT2D eigenvalue weighted by Gasteiger charge is 2.46. The van der Waals surface area contributed by atoms with E-state index >= 15 is 0 Å². The minimum atomic E-state index is 0.0352. The van der Waals surface area contributed by atoms with Gasteiger partial charge in [-0.3, -0.25) is 9.80 Å². The first-order valence-corrected chi connectivity index (χ1v) is 9.61. The van der Waals surface area contributed by atoms with Crippen LogP contribution in [0.3, 0.4) is 0 Å². The van der Waals surface area contributed by atoms with Gasteiger partial charge in [0.25, 0.3) is 0 Å². The summed E-state index contributed by atoms with van der Waals surface area (Å²) >= 11 is 0. The van der Waals surface area contributed by atoms with Crippen LogP contribution in [0.5, 0.6) is 0 Å². The molecule has 0 amide bonds. The van der Waals surface area contributed by atoms with Crippen LogP contribution in [-0.2, 0) is 0 Å². The molecule has 0 saturated carbocycles. The topological polar surface area (TPSA) is 6.48 Å². The minimum absolute atomic E-state index is 0.0352. The summed E-state index contributed by atoms with van der Waals surface area (Å²) in [5, 5.41) is 0. The van der Waals surface area contributed by atoms with E-state index in [0.29, 0.717) is 0 Å². The Kier molecular flexibility index (Phi) is 6.25. The fourth-order valence-corrected chi connectivity index (χ4v) is 4.52. The van der Waals surface area contributed by atoms with Crippen LogP contribution in [0.25, 0.3) is 0 Å². The summed E-state index contributed by atoms with van der Waals surface area (Å²) in [7, 11) is 0. The summed E-state index contributed by atoms with van der Waals surface area (Å²) in [5.74, 6) is 0. The largest absolute Gasteiger partial charge is 0.274 e. The van der Waals surface area contributed by atoms with Gasteiger partial charge >= 0.3 is 0 Å². The van der Waals surface area contributed by atoms with Crippen LogP contribution < -0.4 is 0 Å². The molecule has 0 aliphatic carbocycles. The van der Waals surface area contributed by atoms with Crippen molar-refractivity contribution in [3.05, 3.63) is 35.9 Å². The fourth-order valence-electron chi connectivity index (χ4n) is 4.52. The zero-order valence-corrected chi connectivity index (χ0v) is 18.9.